The minimum atomic E-state index is -0.803. The van der Waals surface area contributed by atoms with Crippen LogP contribution in [0.4, 0.5) is 4.79 Å². The summed E-state index contributed by atoms with van der Waals surface area (Å²) in [5.41, 5.74) is 0. The summed E-state index contributed by atoms with van der Waals surface area (Å²) >= 11 is 0.929. The molecule has 94 valence electrons. The standard InChI is InChI=1S/C11H20O4S/c1-5-11(6-2,9(12)14-7-3)16-10(13)15-8-4/h5-8H2,1-4H3. The Labute approximate surface area is 101 Å². The molecule has 0 aromatic rings. The van der Waals surface area contributed by atoms with Gasteiger partial charge in [-0.05, 0) is 38.5 Å². The van der Waals surface area contributed by atoms with Crippen molar-refractivity contribution in [2.75, 3.05) is 13.2 Å². The molecular formula is C11H20O4S. The van der Waals surface area contributed by atoms with E-state index in [9.17, 15) is 9.59 Å². The summed E-state index contributed by atoms with van der Waals surface area (Å²) in [5.74, 6) is -0.335. The molecule has 0 fully saturated rings. The van der Waals surface area contributed by atoms with Crippen molar-refractivity contribution < 1.29 is 19.1 Å². The van der Waals surface area contributed by atoms with Gasteiger partial charge in [0.25, 0.3) is 0 Å². The van der Waals surface area contributed by atoms with E-state index in [2.05, 4.69) is 0 Å². The first-order chi connectivity index (χ1) is 7.56. The maximum atomic E-state index is 11.8. The van der Waals surface area contributed by atoms with E-state index in [0.717, 1.165) is 11.8 Å². The fraction of sp³-hybridized carbons (Fsp3) is 0.818. The van der Waals surface area contributed by atoms with Gasteiger partial charge in [0.05, 0.1) is 13.2 Å². The van der Waals surface area contributed by atoms with Gasteiger partial charge in [0, 0.05) is 0 Å². The second kappa shape index (κ2) is 7.54. The molecule has 5 heteroatoms. The zero-order valence-corrected chi connectivity index (χ0v) is 11.2. The fourth-order valence-electron chi connectivity index (χ4n) is 1.29. The van der Waals surface area contributed by atoms with Gasteiger partial charge in [-0.2, -0.15) is 0 Å². The Kier molecular flexibility index (Phi) is 7.21. The van der Waals surface area contributed by atoms with Crippen molar-refractivity contribution in [3.05, 3.63) is 0 Å². The van der Waals surface area contributed by atoms with Crippen molar-refractivity contribution in [1.29, 1.82) is 0 Å². The lowest BCUT2D eigenvalue weighted by atomic mass is 10.0. The molecule has 4 nitrogen and oxygen atoms in total. The molecule has 0 bridgehead atoms. The van der Waals surface area contributed by atoms with E-state index in [1.165, 1.54) is 0 Å². The Morgan fingerprint density at radius 3 is 1.88 bits per heavy atom. The van der Waals surface area contributed by atoms with Gasteiger partial charge in [-0.25, -0.2) is 4.79 Å². The van der Waals surface area contributed by atoms with Crippen molar-refractivity contribution >= 4 is 23.0 Å². The van der Waals surface area contributed by atoms with E-state index in [4.69, 9.17) is 9.47 Å². The summed E-state index contributed by atoms with van der Waals surface area (Å²) < 4.78 is 9.04. The van der Waals surface area contributed by atoms with Crippen LogP contribution in [0.1, 0.15) is 40.5 Å². The van der Waals surface area contributed by atoms with Crippen molar-refractivity contribution in [3.8, 4) is 0 Å². The van der Waals surface area contributed by atoms with Crippen molar-refractivity contribution in [3.63, 3.8) is 0 Å². The zero-order chi connectivity index (χ0) is 12.6. The lowest BCUT2D eigenvalue weighted by Crippen LogP contribution is -2.37. The average molecular weight is 248 g/mol. The lowest BCUT2D eigenvalue weighted by Gasteiger charge is -2.26. The predicted molar refractivity (Wildman–Crippen MR) is 64.6 cm³/mol. The van der Waals surface area contributed by atoms with Crippen LogP contribution in [0, 0.1) is 0 Å². The van der Waals surface area contributed by atoms with E-state index in [-0.39, 0.29) is 5.97 Å². The van der Waals surface area contributed by atoms with Crippen LogP contribution in [0.15, 0.2) is 0 Å². The number of carbonyl (C=O) groups is 2. The van der Waals surface area contributed by atoms with Gasteiger partial charge in [-0.15, -0.1) is 0 Å². The average Bonchev–Trinajstić information content (AvgIpc) is 2.26. The molecule has 0 radical (unpaired) electrons. The predicted octanol–water partition coefficient (Wildman–Crippen LogP) is 3.00. The molecule has 0 aliphatic rings. The van der Waals surface area contributed by atoms with Crippen LogP contribution in [0.3, 0.4) is 0 Å². The minimum absolute atomic E-state index is 0.318. The Morgan fingerprint density at radius 1 is 1.00 bits per heavy atom. The lowest BCUT2D eigenvalue weighted by molar-refractivity contribution is -0.146. The van der Waals surface area contributed by atoms with Crippen LogP contribution in [-0.4, -0.2) is 29.2 Å². The molecule has 0 aliphatic carbocycles. The molecule has 0 spiro atoms. The van der Waals surface area contributed by atoms with E-state index in [0.29, 0.717) is 26.1 Å². The summed E-state index contributed by atoms with van der Waals surface area (Å²) in [7, 11) is 0. The number of carbonyl (C=O) groups excluding carboxylic acids is 2. The molecule has 0 aliphatic heterocycles. The zero-order valence-electron chi connectivity index (χ0n) is 10.4. The van der Waals surface area contributed by atoms with Gasteiger partial charge < -0.3 is 9.47 Å². The van der Waals surface area contributed by atoms with E-state index in [1.807, 2.05) is 13.8 Å². The van der Waals surface area contributed by atoms with Gasteiger partial charge in [-0.3, -0.25) is 4.79 Å². The first kappa shape index (κ1) is 15.3. The number of esters is 1. The van der Waals surface area contributed by atoms with Crippen molar-refractivity contribution in [2.45, 2.75) is 45.3 Å². The van der Waals surface area contributed by atoms with Gasteiger partial charge in [0.2, 0.25) is 0 Å². The third-order valence-electron chi connectivity index (χ3n) is 2.33. The molecule has 0 N–H and O–H groups in total. The molecule has 0 heterocycles. The normalized spacial score (nSPS) is 11.0. The van der Waals surface area contributed by atoms with Gasteiger partial charge in [0.15, 0.2) is 0 Å². The maximum absolute atomic E-state index is 11.8. The van der Waals surface area contributed by atoms with Crippen LogP contribution >= 0.6 is 11.8 Å². The second-order valence-electron chi connectivity index (χ2n) is 3.21. The number of ether oxygens (including phenoxy) is 2. The number of hydrogen-bond donors (Lipinski definition) is 0. The summed E-state index contributed by atoms with van der Waals surface area (Å²) in [4.78, 5) is 23.2. The Morgan fingerprint density at radius 2 is 1.50 bits per heavy atom. The van der Waals surface area contributed by atoms with Gasteiger partial charge in [0.1, 0.15) is 4.75 Å². The monoisotopic (exact) mass is 248 g/mol. The first-order valence-electron chi connectivity index (χ1n) is 5.59. The van der Waals surface area contributed by atoms with Gasteiger partial charge in [-0.1, -0.05) is 13.8 Å². The summed E-state index contributed by atoms with van der Waals surface area (Å²) in [6, 6.07) is 0. The number of hydrogen-bond acceptors (Lipinski definition) is 5. The Bertz CT molecular complexity index is 236. The van der Waals surface area contributed by atoms with Crippen LogP contribution in [0.5, 0.6) is 0 Å². The highest BCUT2D eigenvalue weighted by Gasteiger charge is 2.40. The van der Waals surface area contributed by atoms with E-state index >= 15 is 0 Å². The molecule has 16 heavy (non-hydrogen) atoms. The SMILES string of the molecule is CCOC(=O)SC(CC)(CC)C(=O)OCC. The second-order valence-corrected chi connectivity index (χ2v) is 4.53. The molecule has 0 atom stereocenters. The molecule has 0 saturated heterocycles. The molecule has 0 aromatic heterocycles. The molecule has 0 unspecified atom stereocenters. The summed E-state index contributed by atoms with van der Waals surface area (Å²) in [5, 5.41) is -0.417. The van der Waals surface area contributed by atoms with Crippen LogP contribution < -0.4 is 0 Å². The largest absolute Gasteiger partial charge is 0.465 e. The quantitative estimate of drug-likeness (QED) is 0.676. The highest BCUT2D eigenvalue weighted by atomic mass is 32.2. The number of rotatable bonds is 6. The fourth-order valence-corrected chi connectivity index (χ4v) is 2.22. The Balaban J connectivity index is 4.67. The van der Waals surface area contributed by atoms with E-state index in [1.54, 1.807) is 13.8 Å². The maximum Gasteiger partial charge on any atom is 0.368 e. The van der Waals surface area contributed by atoms with Crippen LogP contribution in [-0.2, 0) is 14.3 Å². The van der Waals surface area contributed by atoms with Crippen molar-refractivity contribution in [2.24, 2.45) is 0 Å². The number of thioether (sulfide) groups is 1. The molecule has 0 rings (SSSR count). The first-order valence-corrected chi connectivity index (χ1v) is 6.40. The minimum Gasteiger partial charge on any atom is -0.465 e. The molecule has 0 saturated carbocycles. The highest BCUT2D eigenvalue weighted by Crippen LogP contribution is 2.35. The van der Waals surface area contributed by atoms with Crippen LogP contribution in [0.25, 0.3) is 0 Å². The third-order valence-corrected chi connectivity index (χ3v) is 3.75. The third kappa shape index (κ3) is 4.04. The summed E-state index contributed by atoms with van der Waals surface area (Å²) in [6.45, 7) is 7.87. The molecule has 0 aromatic carbocycles. The van der Waals surface area contributed by atoms with Gasteiger partial charge >= 0.3 is 11.3 Å². The molecule has 0 amide bonds. The van der Waals surface area contributed by atoms with Crippen LogP contribution in [0.2, 0.25) is 0 Å². The van der Waals surface area contributed by atoms with E-state index < -0.39 is 10.0 Å². The smallest absolute Gasteiger partial charge is 0.368 e. The van der Waals surface area contributed by atoms with Crippen molar-refractivity contribution in [1.82, 2.24) is 0 Å². The highest BCUT2D eigenvalue weighted by molar-refractivity contribution is 8.15. The Hall–Kier alpha value is -0.710. The summed E-state index contributed by atoms with van der Waals surface area (Å²) in [6.07, 6.45) is 1.09. The topological polar surface area (TPSA) is 52.6 Å². The molecular weight excluding hydrogens is 228 g/mol.